The number of carbonyl (C=O) groups excluding carboxylic acids is 3. The summed E-state index contributed by atoms with van der Waals surface area (Å²) in [6.07, 6.45) is 6.24. The number of hydrogen-bond donors (Lipinski definition) is 1. The lowest BCUT2D eigenvalue weighted by Crippen LogP contribution is -2.28. The number of nitrogens with zero attached hydrogens (tertiary/aromatic N) is 2. The standard InChI is InChI=1S/C26H22BrClFN3O5/c1-2-36-18-9-15(11-30-32-25(34)20-13-6-7-14(8-13)21(20)26(32)35)22(27)23(28)24(18)37-12-19(33)31-17-5-3-4-16(29)10-17/h3-7,9-11,13-14,20-21H,2,8,12H2,1H3,(H,31,33)/t13-,14-,20-,21+/m0/s1. The van der Waals surface area contributed by atoms with Crippen molar-refractivity contribution in [1.29, 1.82) is 0 Å². The Kier molecular flexibility index (Phi) is 7.04. The molecule has 0 aromatic heterocycles. The molecule has 37 heavy (non-hydrogen) atoms. The van der Waals surface area contributed by atoms with Crippen LogP contribution in [0, 0.1) is 29.5 Å². The fourth-order valence-corrected chi connectivity index (χ4v) is 5.77. The smallest absolute Gasteiger partial charge is 0.262 e. The molecule has 5 rings (SSSR count). The first kappa shape index (κ1) is 25.4. The van der Waals surface area contributed by atoms with Crippen LogP contribution in [0.4, 0.5) is 10.1 Å². The van der Waals surface area contributed by atoms with Crippen molar-refractivity contribution in [2.75, 3.05) is 18.5 Å². The first-order valence-electron chi connectivity index (χ1n) is 11.7. The summed E-state index contributed by atoms with van der Waals surface area (Å²) in [5.74, 6) is -1.74. The number of rotatable bonds is 8. The Hall–Kier alpha value is -3.24. The molecule has 2 bridgehead atoms. The van der Waals surface area contributed by atoms with Gasteiger partial charge < -0.3 is 14.8 Å². The highest BCUT2D eigenvalue weighted by Gasteiger charge is 2.59. The minimum absolute atomic E-state index is 0.0898. The molecule has 3 aliphatic rings. The van der Waals surface area contributed by atoms with Gasteiger partial charge in [0.2, 0.25) is 0 Å². The highest BCUT2D eigenvalue weighted by atomic mass is 79.9. The van der Waals surface area contributed by atoms with E-state index < -0.39 is 18.3 Å². The van der Waals surface area contributed by atoms with Crippen molar-refractivity contribution in [3.05, 3.63) is 63.4 Å². The van der Waals surface area contributed by atoms with Gasteiger partial charge in [0.05, 0.1) is 24.7 Å². The Morgan fingerprint density at radius 2 is 1.92 bits per heavy atom. The maximum absolute atomic E-state index is 13.4. The minimum Gasteiger partial charge on any atom is -0.490 e. The number of halogens is 3. The Balaban J connectivity index is 1.33. The lowest BCUT2D eigenvalue weighted by molar-refractivity contribution is -0.140. The van der Waals surface area contributed by atoms with Crippen LogP contribution >= 0.6 is 27.5 Å². The van der Waals surface area contributed by atoms with Crippen molar-refractivity contribution in [3.63, 3.8) is 0 Å². The molecular weight excluding hydrogens is 569 g/mol. The molecule has 2 aliphatic carbocycles. The highest BCUT2D eigenvalue weighted by Crippen LogP contribution is 2.52. The van der Waals surface area contributed by atoms with E-state index in [-0.39, 0.29) is 64.3 Å². The molecule has 1 saturated carbocycles. The van der Waals surface area contributed by atoms with E-state index in [1.807, 2.05) is 12.2 Å². The summed E-state index contributed by atoms with van der Waals surface area (Å²) in [5.41, 5.74) is 0.736. The van der Waals surface area contributed by atoms with Crippen LogP contribution in [0.15, 0.2) is 52.1 Å². The monoisotopic (exact) mass is 589 g/mol. The summed E-state index contributed by atoms with van der Waals surface area (Å²) in [4.78, 5) is 38.1. The third-order valence-corrected chi connectivity index (χ3v) is 8.11. The SMILES string of the molecule is CCOc1cc(C=NN2C(=O)[C@@H]3[C@H](C2=O)[C@H]2C=C[C@H]3C2)c(Br)c(Cl)c1OCC(=O)Nc1cccc(F)c1. The third-order valence-electron chi connectivity index (χ3n) is 6.67. The number of imide groups is 1. The van der Waals surface area contributed by atoms with E-state index in [1.165, 1.54) is 24.4 Å². The van der Waals surface area contributed by atoms with E-state index in [0.29, 0.717) is 10.0 Å². The number of allylic oxidation sites excluding steroid dienone is 2. The lowest BCUT2D eigenvalue weighted by atomic mass is 9.85. The van der Waals surface area contributed by atoms with Crippen LogP contribution in [0.25, 0.3) is 0 Å². The van der Waals surface area contributed by atoms with Gasteiger partial charge in [0.15, 0.2) is 18.1 Å². The minimum atomic E-state index is -0.522. The number of fused-ring (bicyclic) bond motifs is 5. The lowest BCUT2D eigenvalue weighted by Gasteiger charge is -2.16. The summed E-state index contributed by atoms with van der Waals surface area (Å²) >= 11 is 9.93. The summed E-state index contributed by atoms with van der Waals surface area (Å²) in [7, 11) is 0. The van der Waals surface area contributed by atoms with Gasteiger partial charge >= 0.3 is 0 Å². The van der Waals surface area contributed by atoms with Crippen molar-refractivity contribution >= 4 is 57.2 Å². The second-order valence-corrected chi connectivity index (χ2v) is 10.1. The normalized spacial score (nSPS) is 23.7. The zero-order valence-corrected chi connectivity index (χ0v) is 22.0. The fourth-order valence-electron chi connectivity index (χ4n) is 5.12. The first-order chi connectivity index (χ1) is 17.8. The molecule has 4 atom stereocenters. The van der Waals surface area contributed by atoms with Gasteiger partial charge in [0.1, 0.15) is 10.8 Å². The molecule has 1 saturated heterocycles. The number of hydrazone groups is 1. The largest absolute Gasteiger partial charge is 0.490 e. The number of benzene rings is 2. The van der Waals surface area contributed by atoms with Crippen LogP contribution in [-0.2, 0) is 14.4 Å². The number of anilines is 1. The average Bonchev–Trinajstić information content (AvgIpc) is 3.54. The number of nitrogens with one attached hydrogen (secondary N) is 1. The molecule has 1 heterocycles. The van der Waals surface area contributed by atoms with E-state index in [1.54, 1.807) is 19.1 Å². The quantitative estimate of drug-likeness (QED) is 0.271. The Bertz CT molecular complexity index is 1320. The molecule has 2 fully saturated rings. The molecule has 0 spiro atoms. The van der Waals surface area contributed by atoms with Crippen molar-refractivity contribution in [2.45, 2.75) is 13.3 Å². The summed E-state index contributed by atoms with van der Waals surface area (Å²) < 4.78 is 25.1. The number of ether oxygens (including phenoxy) is 2. The fraction of sp³-hybridized carbons (Fsp3) is 0.308. The molecular formula is C26H22BrClFN3O5. The van der Waals surface area contributed by atoms with E-state index in [4.69, 9.17) is 21.1 Å². The summed E-state index contributed by atoms with van der Waals surface area (Å²) in [6.45, 7) is 1.64. The van der Waals surface area contributed by atoms with Crippen molar-refractivity contribution in [3.8, 4) is 11.5 Å². The highest BCUT2D eigenvalue weighted by molar-refractivity contribution is 9.10. The third kappa shape index (κ3) is 4.75. The van der Waals surface area contributed by atoms with Gasteiger partial charge in [-0.2, -0.15) is 10.1 Å². The van der Waals surface area contributed by atoms with Gasteiger partial charge in [-0.3, -0.25) is 14.4 Å². The molecule has 1 aliphatic heterocycles. The average molecular weight is 591 g/mol. The van der Waals surface area contributed by atoms with Crippen molar-refractivity contribution < 1.29 is 28.2 Å². The summed E-state index contributed by atoms with van der Waals surface area (Å²) in [5, 5.41) is 7.80. The molecule has 1 N–H and O–H groups in total. The number of hydrogen-bond acceptors (Lipinski definition) is 6. The zero-order chi connectivity index (χ0) is 26.3. The van der Waals surface area contributed by atoms with Crippen LogP contribution < -0.4 is 14.8 Å². The topological polar surface area (TPSA) is 97.3 Å². The molecule has 0 unspecified atom stereocenters. The molecule has 2 aromatic rings. The number of carbonyl (C=O) groups is 3. The van der Waals surface area contributed by atoms with Crippen LogP contribution in [0.1, 0.15) is 18.9 Å². The summed E-state index contributed by atoms with van der Waals surface area (Å²) in [6, 6.07) is 7.06. The van der Waals surface area contributed by atoms with Gasteiger partial charge in [-0.15, -0.1) is 0 Å². The van der Waals surface area contributed by atoms with Gasteiger partial charge in [-0.25, -0.2) is 4.39 Å². The van der Waals surface area contributed by atoms with E-state index in [9.17, 15) is 18.8 Å². The molecule has 8 nitrogen and oxygen atoms in total. The molecule has 11 heteroatoms. The second kappa shape index (κ2) is 10.3. The Morgan fingerprint density at radius 3 is 2.57 bits per heavy atom. The van der Waals surface area contributed by atoms with E-state index in [0.717, 1.165) is 11.4 Å². The van der Waals surface area contributed by atoms with Crippen LogP contribution in [-0.4, -0.2) is 42.2 Å². The zero-order valence-electron chi connectivity index (χ0n) is 19.6. The molecule has 2 aromatic carbocycles. The van der Waals surface area contributed by atoms with Crippen molar-refractivity contribution in [2.24, 2.45) is 28.8 Å². The van der Waals surface area contributed by atoms with Gasteiger partial charge in [-0.05, 0) is 65.4 Å². The Morgan fingerprint density at radius 1 is 1.22 bits per heavy atom. The molecule has 192 valence electrons. The van der Waals surface area contributed by atoms with Crippen molar-refractivity contribution in [1.82, 2.24) is 5.01 Å². The predicted octanol–water partition coefficient (Wildman–Crippen LogP) is 4.80. The van der Waals surface area contributed by atoms with Gasteiger partial charge in [0, 0.05) is 15.7 Å². The van der Waals surface area contributed by atoms with E-state index in [2.05, 4.69) is 26.3 Å². The van der Waals surface area contributed by atoms with E-state index >= 15 is 0 Å². The van der Waals surface area contributed by atoms with Gasteiger partial charge in [0.25, 0.3) is 17.7 Å². The van der Waals surface area contributed by atoms with Crippen LogP contribution in [0.3, 0.4) is 0 Å². The maximum Gasteiger partial charge on any atom is 0.262 e. The molecule has 0 radical (unpaired) electrons. The second-order valence-electron chi connectivity index (χ2n) is 8.93. The first-order valence-corrected chi connectivity index (χ1v) is 12.9. The van der Waals surface area contributed by atoms with Crippen LogP contribution in [0.2, 0.25) is 5.02 Å². The Labute approximate surface area is 225 Å². The number of amides is 3. The maximum atomic E-state index is 13.4. The predicted molar refractivity (Wildman–Crippen MR) is 138 cm³/mol. The van der Waals surface area contributed by atoms with Gasteiger partial charge in [-0.1, -0.05) is 29.8 Å². The molecule has 3 amide bonds. The van der Waals surface area contributed by atoms with Crippen LogP contribution in [0.5, 0.6) is 11.5 Å².